The molecule has 1 heterocycles. The molecule has 1 saturated heterocycles. The molecule has 2 atom stereocenters. The van der Waals surface area contributed by atoms with Crippen LogP contribution in [0.15, 0.2) is 24.3 Å². The number of terminal acetylenes is 1. The minimum atomic E-state index is -0.362. The summed E-state index contributed by atoms with van der Waals surface area (Å²) in [6.45, 7) is 0.755. The Hall–Kier alpha value is -1.50. The van der Waals surface area contributed by atoms with E-state index in [-0.39, 0.29) is 12.4 Å². The highest BCUT2D eigenvalue weighted by Crippen LogP contribution is 2.24. The number of rotatable bonds is 4. The van der Waals surface area contributed by atoms with Gasteiger partial charge >= 0.3 is 0 Å². The summed E-state index contributed by atoms with van der Waals surface area (Å²) in [5.74, 6) is 3.47. The maximum absolute atomic E-state index is 5.80. The van der Waals surface area contributed by atoms with E-state index >= 15 is 0 Å². The first-order valence-electron chi connectivity index (χ1n) is 6.20. The lowest BCUT2D eigenvalue weighted by atomic mass is 10.1. The third-order valence-corrected chi connectivity index (χ3v) is 3.00. The number of hydrogen-bond acceptors (Lipinski definition) is 3. The molecule has 0 aromatic heterocycles. The van der Waals surface area contributed by atoms with Crippen molar-refractivity contribution in [2.24, 2.45) is 0 Å². The van der Waals surface area contributed by atoms with Gasteiger partial charge in [0.15, 0.2) is 6.29 Å². The predicted octanol–water partition coefficient (Wildman–Crippen LogP) is 2.91. The molecule has 0 aliphatic carbocycles. The van der Waals surface area contributed by atoms with Gasteiger partial charge in [-0.1, -0.05) is 18.1 Å². The molecule has 1 aliphatic heterocycles. The van der Waals surface area contributed by atoms with Crippen molar-refractivity contribution in [1.29, 1.82) is 0 Å². The van der Waals surface area contributed by atoms with E-state index in [0.717, 1.165) is 37.2 Å². The second-order valence-electron chi connectivity index (χ2n) is 4.25. The molecule has 0 bridgehead atoms. The standard InChI is InChI=1S/C15H18O3/c1-3-14(18-15-6-4-5-11-17-15)12-7-9-13(16-2)10-8-12/h1,7-10,14-15H,4-6,11H2,2H3. The Bertz CT molecular complexity index is 399. The van der Waals surface area contributed by atoms with Crippen molar-refractivity contribution < 1.29 is 14.2 Å². The van der Waals surface area contributed by atoms with E-state index in [0.29, 0.717) is 0 Å². The van der Waals surface area contributed by atoms with Crippen molar-refractivity contribution in [3.8, 4) is 18.1 Å². The van der Waals surface area contributed by atoms with Crippen molar-refractivity contribution in [2.45, 2.75) is 31.7 Å². The lowest BCUT2D eigenvalue weighted by Crippen LogP contribution is -2.24. The number of ether oxygens (including phenoxy) is 3. The summed E-state index contributed by atoms with van der Waals surface area (Å²) in [4.78, 5) is 0. The monoisotopic (exact) mass is 246 g/mol. The first-order valence-corrected chi connectivity index (χ1v) is 6.20. The molecule has 96 valence electrons. The predicted molar refractivity (Wildman–Crippen MR) is 69.2 cm³/mol. The maximum Gasteiger partial charge on any atom is 0.159 e. The molecular formula is C15H18O3. The fraction of sp³-hybridized carbons (Fsp3) is 0.467. The molecule has 0 N–H and O–H groups in total. The quantitative estimate of drug-likeness (QED) is 0.764. The van der Waals surface area contributed by atoms with E-state index in [1.165, 1.54) is 0 Å². The lowest BCUT2D eigenvalue weighted by molar-refractivity contribution is -0.178. The third-order valence-electron chi connectivity index (χ3n) is 3.00. The van der Waals surface area contributed by atoms with Crippen LogP contribution in [0, 0.1) is 12.3 Å². The summed E-state index contributed by atoms with van der Waals surface area (Å²) in [7, 11) is 1.64. The molecule has 2 rings (SSSR count). The number of methoxy groups -OCH3 is 1. The Labute approximate surface area is 108 Å². The van der Waals surface area contributed by atoms with E-state index in [4.69, 9.17) is 20.6 Å². The summed E-state index contributed by atoms with van der Waals surface area (Å²) in [5.41, 5.74) is 0.951. The van der Waals surface area contributed by atoms with Crippen LogP contribution in [0.3, 0.4) is 0 Å². The zero-order valence-electron chi connectivity index (χ0n) is 10.6. The molecule has 18 heavy (non-hydrogen) atoms. The summed E-state index contributed by atoms with van der Waals surface area (Å²) in [5, 5.41) is 0. The molecule has 3 heteroatoms. The molecule has 0 spiro atoms. The van der Waals surface area contributed by atoms with Crippen LogP contribution in [-0.2, 0) is 9.47 Å². The second kappa shape index (κ2) is 6.44. The Kier molecular flexibility index (Phi) is 4.63. The van der Waals surface area contributed by atoms with Gasteiger partial charge in [0.1, 0.15) is 11.9 Å². The topological polar surface area (TPSA) is 27.7 Å². The van der Waals surface area contributed by atoms with Crippen molar-refractivity contribution in [1.82, 2.24) is 0 Å². The van der Waals surface area contributed by atoms with Gasteiger partial charge in [-0.3, -0.25) is 0 Å². The van der Waals surface area contributed by atoms with Gasteiger partial charge in [0.05, 0.1) is 7.11 Å². The Morgan fingerprint density at radius 1 is 1.33 bits per heavy atom. The van der Waals surface area contributed by atoms with Crippen LogP contribution in [0.25, 0.3) is 0 Å². The number of hydrogen-bond donors (Lipinski definition) is 0. The van der Waals surface area contributed by atoms with Crippen LogP contribution in [0.4, 0.5) is 0 Å². The van der Waals surface area contributed by atoms with Gasteiger partial charge in [-0.05, 0) is 37.0 Å². The van der Waals surface area contributed by atoms with Crippen LogP contribution >= 0.6 is 0 Å². The normalized spacial score (nSPS) is 21.0. The van der Waals surface area contributed by atoms with Gasteiger partial charge in [-0.15, -0.1) is 6.42 Å². The van der Waals surface area contributed by atoms with E-state index in [9.17, 15) is 0 Å². The SMILES string of the molecule is C#CC(OC1CCCCO1)c1ccc(OC)cc1. The van der Waals surface area contributed by atoms with E-state index in [1.54, 1.807) is 7.11 Å². The summed E-state index contributed by atoms with van der Waals surface area (Å²) in [6.07, 6.45) is 8.13. The summed E-state index contributed by atoms with van der Waals surface area (Å²) in [6, 6.07) is 7.61. The highest BCUT2D eigenvalue weighted by Gasteiger charge is 2.19. The van der Waals surface area contributed by atoms with Crippen molar-refractivity contribution in [3.63, 3.8) is 0 Å². The minimum Gasteiger partial charge on any atom is -0.497 e. The average Bonchev–Trinajstić information content (AvgIpc) is 2.46. The molecule has 2 unspecified atom stereocenters. The molecule has 1 aromatic rings. The first kappa shape index (κ1) is 12.9. The van der Waals surface area contributed by atoms with E-state index in [2.05, 4.69) is 5.92 Å². The lowest BCUT2D eigenvalue weighted by Gasteiger charge is -2.25. The number of benzene rings is 1. The fourth-order valence-corrected chi connectivity index (χ4v) is 1.96. The Morgan fingerprint density at radius 2 is 2.11 bits per heavy atom. The van der Waals surface area contributed by atoms with Gasteiger partial charge in [0.25, 0.3) is 0 Å². The molecule has 0 radical (unpaired) electrons. The maximum atomic E-state index is 5.80. The molecular weight excluding hydrogens is 228 g/mol. The molecule has 3 nitrogen and oxygen atoms in total. The van der Waals surface area contributed by atoms with E-state index < -0.39 is 0 Å². The zero-order chi connectivity index (χ0) is 12.8. The Balaban J connectivity index is 2.00. The Morgan fingerprint density at radius 3 is 2.67 bits per heavy atom. The fourth-order valence-electron chi connectivity index (χ4n) is 1.96. The van der Waals surface area contributed by atoms with E-state index in [1.807, 2.05) is 24.3 Å². The van der Waals surface area contributed by atoms with Gasteiger partial charge < -0.3 is 14.2 Å². The molecule has 1 aliphatic rings. The zero-order valence-corrected chi connectivity index (χ0v) is 10.6. The van der Waals surface area contributed by atoms with Crippen molar-refractivity contribution in [2.75, 3.05) is 13.7 Å². The highest BCUT2D eigenvalue weighted by molar-refractivity contribution is 5.31. The largest absolute Gasteiger partial charge is 0.497 e. The minimum absolute atomic E-state index is 0.179. The van der Waals surface area contributed by atoms with Crippen LogP contribution in [-0.4, -0.2) is 20.0 Å². The van der Waals surface area contributed by atoms with Gasteiger partial charge in [0, 0.05) is 6.61 Å². The molecule has 1 aromatic carbocycles. The van der Waals surface area contributed by atoms with Crippen LogP contribution in [0.5, 0.6) is 5.75 Å². The van der Waals surface area contributed by atoms with Crippen molar-refractivity contribution >= 4 is 0 Å². The summed E-state index contributed by atoms with van der Waals surface area (Å²) >= 11 is 0. The second-order valence-corrected chi connectivity index (χ2v) is 4.25. The van der Waals surface area contributed by atoms with Crippen LogP contribution in [0.2, 0.25) is 0 Å². The third kappa shape index (κ3) is 3.25. The van der Waals surface area contributed by atoms with Crippen LogP contribution < -0.4 is 4.74 Å². The molecule has 0 saturated carbocycles. The molecule has 0 amide bonds. The summed E-state index contributed by atoms with van der Waals surface area (Å²) < 4.78 is 16.5. The average molecular weight is 246 g/mol. The van der Waals surface area contributed by atoms with Crippen LogP contribution in [0.1, 0.15) is 30.9 Å². The first-order chi connectivity index (χ1) is 8.83. The highest BCUT2D eigenvalue weighted by atomic mass is 16.7. The van der Waals surface area contributed by atoms with Gasteiger partial charge in [-0.25, -0.2) is 0 Å². The van der Waals surface area contributed by atoms with Gasteiger partial charge in [0.2, 0.25) is 0 Å². The smallest absolute Gasteiger partial charge is 0.159 e. The van der Waals surface area contributed by atoms with Gasteiger partial charge in [-0.2, -0.15) is 0 Å². The van der Waals surface area contributed by atoms with Crippen molar-refractivity contribution in [3.05, 3.63) is 29.8 Å². The molecule has 1 fully saturated rings.